The molecule has 118 valence electrons. The molecule has 0 unspecified atom stereocenters. The van der Waals surface area contributed by atoms with E-state index < -0.39 is 0 Å². The number of carbonyl (C=O) groups excluding carboxylic acids is 1. The molecule has 0 saturated carbocycles. The van der Waals surface area contributed by atoms with E-state index in [4.69, 9.17) is 4.74 Å². The van der Waals surface area contributed by atoms with Crippen molar-refractivity contribution < 1.29 is 9.53 Å². The first-order valence-corrected chi connectivity index (χ1v) is 7.79. The van der Waals surface area contributed by atoms with E-state index >= 15 is 0 Å². The summed E-state index contributed by atoms with van der Waals surface area (Å²) in [5, 5.41) is 10.7. The maximum atomic E-state index is 12.6. The summed E-state index contributed by atoms with van der Waals surface area (Å²) in [5.74, 6) is 0.397. The van der Waals surface area contributed by atoms with Gasteiger partial charge < -0.3 is 4.74 Å². The summed E-state index contributed by atoms with van der Waals surface area (Å²) < 4.78 is 5.38. The number of carbonyl (C=O) groups is 1. The van der Waals surface area contributed by atoms with Gasteiger partial charge in [0.25, 0.3) is 5.91 Å². The molecule has 2 rings (SSSR count). The quantitative estimate of drug-likeness (QED) is 0.649. The summed E-state index contributed by atoms with van der Waals surface area (Å²) in [6.07, 6.45) is 5.18. The highest BCUT2D eigenvalue weighted by Crippen LogP contribution is 2.30. The monoisotopic (exact) mass is 327 g/mol. The molecule has 0 saturated heterocycles. The minimum Gasteiger partial charge on any atom is -0.496 e. The van der Waals surface area contributed by atoms with Crippen LogP contribution in [0.2, 0.25) is 0 Å². The molecule has 1 heterocycles. The predicted molar refractivity (Wildman–Crippen MR) is 93.5 cm³/mol. The Kier molecular flexibility index (Phi) is 5.82. The number of anilines is 1. The molecule has 0 fully saturated rings. The minimum absolute atomic E-state index is 0.277. The number of nitrogens with zero attached hydrogens (tertiary/aromatic N) is 2. The second kappa shape index (κ2) is 8.05. The Balaban J connectivity index is 2.51. The number of amides is 1. The third-order valence-corrected chi connectivity index (χ3v) is 3.66. The topological polar surface area (TPSA) is 64.1 Å². The first kappa shape index (κ1) is 16.6. The van der Waals surface area contributed by atoms with E-state index in [1.807, 2.05) is 31.2 Å². The van der Waals surface area contributed by atoms with Gasteiger partial charge in [0.15, 0.2) is 0 Å². The van der Waals surface area contributed by atoms with Gasteiger partial charge in [0.05, 0.1) is 7.11 Å². The van der Waals surface area contributed by atoms with Gasteiger partial charge in [-0.1, -0.05) is 54.3 Å². The maximum Gasteiger partial charge on any atom is 0.258 e. The van der Waals surface area contributed by atoms with Gasteiger partial charge in [0.2, 0.25) is 5.13 Å². The zero-order valence-corrected chi connectivity index (χ0v) is 13.8. The van der Waals surface area contributed by atoms with Crippen molar-refractivity contribution in [3.8, 4) is 5.75 Å². The smallest absolute Gasteiger partial charge is 0.258 e. The normalized spacial score (nSPS) is 11.9. The van der Waals surface area contributed by atoms with E-state index in [-0.39, 0.29) is 5.91 Å². The Morgan fingerprint density at radius 1 is 1.39 bits per heavy atom. The number of allylic oxidation sites excluding steroid dienone is 3. The maximum absolute atomic E-state index is 12.6. The molecule has 0 aliphatic rings. The van der Waals surface area contributed by atoms with Crippen molar-refractivity contribution in [2.24, 2.45) is 0 Å². The first-order chi connectivity index (χ1) is 11.2. The van der Waals surface area contributed by atoms with Crippen LogP contribution in [-0.4, -0.2) is 23.2 Å². The van der Waals surface area contributed by atoms with Gasteiger partial charge in [-0.05, 0) is 18.6 Å². The van der Waals surface area contributed by atoms with Gasteiger partial charge in [-0.2, -0.15) is 0 Å². The van der Waals surface area contributed by atoms with Crippen molar-refractivity contribution in [3.63, 3.8) is 0 Å². The molecule has 2 aromatic rings. The molecule has 1 amide bonds. The molecule has 0 bridgehead atoms. The molecule has 1 aromatic heterocycles. The van der Waals surface area contributed by atoms with Crippen LogP contribution < -0.4 is 10.1 Å². The van der Waals surface area contributed by atoms with Gasteiger partial charge in [-0.3, -0.25) is 10.1 Å². The van der Waals surface area contributed by atoms with Crippen molar-refractivity contribution in [3.05, 3.63) is 65.7 Å². The second-order valence-electron chi connectivity index (χ2n) is 4.43. The van der Waals surface area contributed by atoms with Gasteiger partial charge in [0, 0.05) is 11.1 Å². The van der Waals surface area contributed by atoms with Gasteiger partial charge in [-0.25, -0.2) is 0 Å². The lowest BCUT2D eigenvalue weighted by atomic mass is 9.98. The summed E-state index contributed by atoms with van der Waals surface area (Å²) in [6, 6.07) is 7.49. The van der Waals surface area contributed by atoms with E-state index in [0.29, 0.717) is 22.0 Å². The molecular weight excluding hydrogens is 310 g/mol. The summed E-state index contributed by atoms with van der Waals surface area (Å²) >= 11 is 1.26. The fourth-order valence-electron chi connectivity index (χ4n) is 2.08. The van der Waals surface area contributed by atoms with Crippen molar-refractivity contribution in [1.82, 2.24) is 10.2 Å². The molecule has 1 aromatic carbocycles. The van der Waals surface area contributed by atoms with Crippen LogP contribution in [0, 0.1) is 0 Å². The highest BCUT2D eigenvalue weighted by atomic mass is 32.1. The van der Waals surface area contributed by atoms with Crippen LogP contribution in [0.3, 0.4) is 0 Å². The number of aromatic nitrogens is 2. The van der Waals surface area contributed by atoms with Gasteiger partial charge >= 0.3 is 0 Å². The number of rotatable bonds is 6. The molecule has 0 radical (unpaired) electrons. The lowest BCUT2D eigenvalue weighted by Crippen LogP contribution is -2.14. The van der Waals surface area contributed by atoms with Crippen LogP contribution in [-0.2, 0) is 4.79 Å². The lowest BCUT2D eigenvalue weighted by molar-refractivity contribution is -0.112. The van der Waals surface area contributed by atoms with Crippen LogP contribution in [0.1, 0.15) is 12.5 Å². The Morgan fingerprint density at radius 3 is 2.78 bits per heavy atom. The van der Waals surface area contributed by atoms with Crippen molar-refractivity contribution in [2.75, 3.05) is 12.4 Å². The van der Waals surface area contributed by atoms with Crippen molar-refractivity contribution >= 4 is 27.9 Å². The number of methoxy groups -OCH3 is 1. The number of para-hydroxylation sites is 1. The Bertz CT molecular complexity index is 749. The van der Waals surface area contributed by atoms with Crippen LogP contribution in [0.15, 0.2) is 60.2 Å². The Labute approximate surface area is 139 Å². The van der Waals surface area contributed by atoms with Crippen molar-refractivity contribution in [1.29, 1.82) is 0 Å². The Morgan fingerprint density at radius 2 is 2.17 bits per heavy atom. The van der Waals surface area contributed by atoms with E-state index in [1.54, 1.807) is 30.8 Å². The Hall–Kier alpha value is -2.73. The SMILES string of the molecule is C=C/C(=C(\C=C/C)C(=O)Nc1nncs1)c1ccccc1OC. The first-order valence-electron chi connectivity index (χ1n) is 6.91. The number of benzene rings is 1. The zero-order valence-electron chi connectivity index (χ0n) is 12.9. The third kappa shape index (κ3) is 3.92. The molecule has 23 heavy (non-hydrogen) atoms. The van der Waals surface area contributed by atoms with Crippen LogP contribution in [0.5, 0.6) is 5.75 Å². The number of hydrogen-bond donors (Lipinski definition) is 1. The lowest BCUT2D eigenvalue weighted by Gasteiger charge is -2.12. The summed E-state index contributed by atoms with van der Waals surface area (Å²) in [5.41, 5.74) is 3.51. The molecule has 5 nitrogen and oxygen atoms in total. The average molecular weight is 327 g/mol. The van der Waals surface area contributed by atoms with Crippen molar-refractivity contribution in [2.45, 2.75) is 6.92 Å². The largest absolute Gasteiger partial charge is 0.496 e. The zero-order chi connectivity index (χ0) is 16.7. The van der Waals surface area contributed by atoms with Crippen LogP contribution in [0.4, 0.5) is 5.13 Å². The molecule has 0 spiro atoms. The number of ether oxygens (including phenoxy) is 1. The van der Waals surface area contributed by atoms with E-state index in [2.05, 4.69) is 22.1 Å². The molecule has 6 heteroatoms. The molecular formula is C17H17N3O2S. The number of hydrogen-bond acceptors (Lipinski definition) is 5. The van der Waals surface area contributed by atoms with Gasteiger partial charge in [-0.15, -0.1) is 10.2 Å². The fourth-order valence-corrected chi connectivity index (χ4v) is 2.52. The molecule has 0 aliphatic heterocycles. The third-order valence-electron chi connectivity index (χ3n) is 3.05. The predicted octanol–water partition coefficient (Wildman–Crippen LogP) is 3.70. The van der Waals surface area contributed by atoms with Crippen LogP contribution >= 0.6 is 11.3 Å². The highest BCUT2D eigenvalue weighted by molar-refractivity contribution is 7.13. The minimum atomic E-state index is -0.277. The average Bonchev–Trinajstić information content (AvgIpc) is 3.08. The van der Waals surface area contributed by atoms with E-state index in [9.17, 15) is 4.79 Å². The molecule has 0 atom stereocenters. The summed E-state index contributed by atoms with van der Waals surface area (Å²) in [4.78, 5) is 12.6. The standard InChI is InChI=1S/C17H17N3O2S/c1-4-8-14(16(21)19-17-20-18-11-23-17)12(5-2)13-9-6-7-10-15(13)22-3/h4-11H,2H2,1,3H3,(H,19,20,21)/b8-4-,14-12-. The van der Waals surface area contributed by atoms with E-state index in [1.165, 1.54) is 11.3 Å². The van der Waals surface area contributed by atoms with Crippen LogP contribution in [0.25, 0.3) is 5.57 Å². The van der Waals surface area contributed by atoms with E-state index in [0.717, 1.165) is 5.56 Å². The molecule has 1 N–H and O–H groups in total. The molecule has 0 aliphatic carbocycles. The highest BCUT2D eigenvalue weighted by Gasteiger charge is 2.16. The second-order valence-corrected chi connectivity index (χ2v) is 5.26. The number of nitrogens with one attached hydrogen (secondary N) is 1. The van der Waals surface area contributed by atoms with Gasteiger partial charge in [0.1, 0.15) is 11.3 Å². The summed E-state index contributed by atoms with van der Waals surface area (Å²) in [7, 11) is 1.59. The fraction of sp³-hybridized carbons (Fsp3) is 0.118. The summed E-state index contributed by atoms with van der Waals surface area (Å²) in [6.45, 7) is 5.69.